The van der Waals surface area contributed by atoms with E-state index in [1.807, 2.05) is 0 Å². The number of methoxy groups -OCH3 is 3. The molecule has 2 N–H and O–H groups in total. The molecule has 2 aromatic carbocycles. The van der Waals surface area contributed by atoms with Crippen molar-refractivity contribution >= 4 is 11.9 Å². The summed E-state index contributed by atoms with van der Waals surface area (Å²) in [6, 6.07) is 6.73. The molecule has 7 heteroatoms. The van der Waals surface area contributed by atoms with Crippen LogP contribution in [-0.2, 0) is 6.54 Å². The normalized spacial score (nSPS) is 17.4. The van der Waals surface area contributed by atoms with Gasteiger partial charge in [-0.05, 0) is 49.6 Å². The molecule has 2 aliphatic heterocycles. The van der Waals surface area contributed by atoms with E-state index in [1.54, 1.807) is 37.5 Å². The number of Topliss-reactive ketones (excluding diaryl/α,β-unsaturated/α-hetero) is 1. The van der Waals surface area contributed by atoms with Gasteiger partial charge in [-0.3, -0.25) is 4.79 Å². The number of carbonyl (C=O) groups excluding carboxylic acids is 1. The van der Waals surface area contributed by atoms with Crippen LogP contribution in [0.25, 0.3) is 6.08 Å². The molecule has 0 aliphatic carbocycles. The highest BCUT2D eigenvalue weighted by atomic mass is 16.5. The maximum atomic E-state index is 13.1. The summed E-state index contributed by atoms with van der Waals surface area (Å²) < 4.78 is 22.3. The Kier molecular flexibility index (Phi) is 6.04. The second kappa shape index (κ2) is 8.89. The summed E-state index contributed by atoms with van der Waals surface area (Å²) in [5.74, 6) is 1.99. The summed E-state index contributed by atoms with van der Waals surface area (Å²) in [5.41, 5.74) is 1.78. The van der Waals surface area contributed by atoms with Gasteiger partial charge >= 0.3 is 0 Å². The lowest BCUT2D eigenvalue weighted by Gasteiger charge is -2.24. The third-order valence-electron chi connectivity index (χ3n) is 5.92. The molecule has 0 spiro atoms. The third-order valence-corrected chi connectivity index (χ3v) is 5.92. The SMILES string of the molecule is COc1ccc(/C=C2/Oc3c(ccc(O)c3C[NH+]3CCCCC3)C2=O)c(OC)c1OC. The quantitative estimate of drug-likeness (QED) is 0.692. The number of phenolic OH excluding ortho intramolecular Hbond substituents is 1. The monoisotopic (exact) mass is 426 g/mol. The fourth-order valence-corrected chi connectivity index (χ4v) is 4.33. The van der Waals surface area contributed by atoms with Gasteiger partial charge in [0.2, 0.25) is 11.5 Å². The summed E-state index contributed by atoms with van der Waals surface area (Å²) >= 11 is 0. The molecule has 2 heterocycles. The summed E-state index contributed by atoms with van der Waals surface area (Å²) in [7, 11) is 4.61. The second-order valence-electron chi connectivity index (χ2n) is 7.79. The van der Waals surface area contributed by atoms with Crippen molar-refractivity contribution in [3.8, 4) is 28.7 Å². The Bertz CT molecular complexity index is 1020. The molecule has 2 aliphatic rings. The summed E-state index contributed by atoms with van der Waals surface area (Å²) in [4.78, 5) is 14.4. The van der Waals surface area contributed by atoms with Crippen molar-refractivity contribution < 1.29 is 33.7 Å². The summed E-state index contributed by atoms with van der Waals surface area (Å²) in [5, 5.41) is 10.5. The maximum Gasteiger partial charge on any atom is 0.231 e. The van der Waals surface area contributed by atoms with E-state index >= 15 is 0 Å². The van der Waals surface area contributed by atoms with Gasteiger partial charge in [0.25, 0.3) is 0 Å². The minimum Gasteiger partial charge on any atom is -0.507 e. The molecule has 0 atom stereocenters. The van der Waals surface area contributed by atoms with Crippen LogP contribution in [0.1, 0.15) is 40.7 Å². The van der Waals surface area contributed by atoms with E-state index < -0.39 is 0 Å². The van der Waals surface area contributed by atoms with Crippen molar-refractivity contribution in [2.24, 2.45) is 0 Å². The minimum absolute atomic E-state index is 0.162. The zero-order valence-corrected chi connectivity index (χ0v) is 18.1. The fourth-order valence-electron chi connectivity index (χ4n) is 4.33. The minimum atomic E-state index is -0.221. The lowest BCUT2D eigenvalue weighted by atomic mass is 10.0. The lowest BCUT2D eigenvalue weighted by molar-refractivity contribution is -0.918. The zero-order chi connectivity index (χ0) is 22.0. The van der Waals surface area contributed by atoms with Crippen LogP contribution in [-0.4, -0.2) is 45.3 Å². The van der Waals surface area contributed by atoms with Gasteiger partial charge in [-0.1, -0.05) is 0 Å². The highest BCUT2D eigenvalue weighted by Gasteiger charge is 2.33. The number of phenols is 1. The molecule has 0 radical (unpaired) electrons. The molecule has 164 valence electrons. The van der Waals surface area contributed by atoms with Crippen LogP contribution >= 0.6 is 0 Å². The van der Waals surface area contributed by atoms with E-state index in [0.717, 1.165) is 13.1 Å². The topological polar surface area (TPSA) is 78.7 Å². The van der Waals surface area contributed by atoms with Gasteiger partial charge in [-0.25, -0.2) is 0 Å². The number of hydrogen-bond donors (Lipinski definition) is 2. The third kappa shape index (κ3) is 3.93. The first-order valence-corrected chi connectivity index (χ1v) is 10.5. The number of rotatable bonds is 6. The average molecular weight is 426 g/mol. The molecule has 0 amide bonds. The zero-order valence-electron chi connectivity index (χ0n) is 18.1. The van der Waals surface area contributed by atoms with E-state index in [-0.39, 0.29) is 17.3 Å². The smallest absolute Gasteiger partial charge is 0.231 e. The molecule has 0 bridgehead atoms. The van der Waals surface area contributed by atoms with Crippen molar-refractivity contribution in [1.82, 2.24) is 0 Å². The molecule has 1 fully saturated rings. The molecule has 7 nitrogen and oxygen atoms in total. The number of ether oxygens (including phenoxy) is 4. The Hall–Kier alpha value is -3.19. The van der Waals surface area contributed by atoms with E-state index in [1.165, 1.54) is 38.4 Å². The number of piperidine rings is 1. The van der Waals surface area contributed by atoms with Crippen LogP contribution < -0.4 is 23.8 Å². The first-order valence-electron chi connectivity index (χ1n) is 10.5. The van der Waals surface area contributed by atoms with E-state index in [0.29, 0.717) is 46.2 Å². The van der Waals surface area contributed by atoms with E-state index in [9.17, 15) is 9.90 Å². The van der Waals surface area contributed by atoms with Crippen molar-refractivity contribution in [3.63, 3.8) is 0 Å². The van der Waals surface area contributed by atoms with Crippen LogP contribution in [0.2, 0.25) is 0 Å². The molecule has 4 rings (SSSR count). The van der Waals surface area contributed by atoms with Crippen molar-refractivity contribution in [1.29, 1.82) is 0 Å². The van der Waals surface area contributed by atoms with E-state index in [4.69, 9.17) is 18.9 Å². The number of fused-ring (bicyclic) bond motifs is 1. The van der Waals surface area contributed by atoms with E-state index in [2.05, 4.69) is 0 Å². The number of aromatic hydroxyl groups is 1. The summed E-state index contributed by atoms with van der Waals surface area (Å²) in [6.07, 6.45) is 5.24. The number of quaternary nitrogens is 1. The molecule has 0 aromatic heterocycles. The Balaban J connectivity index is 1.70. The number of allylic oxidation sites excluding steroid dienone is 1. The number of carbonyl (C=O) groups is 1. The van der Waals surface area contributed by atoms with Crippen molar-refractivity contribution in [3.05, 3.63) is 46.7 Å². The lowest BCUT2D eigenvalue weighted by Crippen LogP contribution is -3.11. The first-order chi connectivity index (χ1) is 15.1. The summed E-state index contributed by atoms with van der Waals surface area (Å²) in [6.45, 7) is 2.75. The molecule has 1 saturated heterocycles. The number of benzene rings is 2. The Morgan fingerprint density at radius 2 is 1.74 bits per heavy atom. The largest absolute Gasteiger partial charge is 0.507 e. The average Bonchev–Trinajstić information content (AvgIpc) is 3.11. The maximum absolute atomic E-state index is 13.1. The number of nitrogens with one attached hydrogen (secondary N) is 1. The number of hydrogen-bond acceptors (Lipinski definition) is 6. The molecule has 0 saturated carbocycles. The van der Waals surface area contributed by atoms with Crippen LogP contribution in [0.3, 0.4) is 0 Å². The standard InChI is InChI=1S/C24H27NO6/c1-28-19-10-7-15(22(29-2)24(19)30-3)13-20-21(27)16-8-9-18(26)17(23(16)31-20)14-25-11-5-4-6-12-25/h7-10,13,26H,4-6,11-12,14H2,1-3H3/p+1/b20-13+. The predicted molar refractivity (Wildman–Crippen MR) is 115 cm³/mol. The Morgan fingerprint density at radius 3 is 2.42 bits per heavy atom. The molecule has 0 unspecified atom stereocenters. The fraction of sp³-hybridized carbons (Fsp3) is 0.375. The van der Waals surface area contributed by atoms with Crippen LogP contribution in [0, 0.1) is 0 Å². The van der Waals surface area contributed by atoms with Gasteiger partial charge < -0.3 is 29.0 Å². The highest BCUT2D eigenvalue weighted by Crippen LogP contribution is 2.43. The molecular weight excluding hydrogens is 398 g/mol. The van der Waals surface area contributed by atoms with Crippen LogP contribution in [0.15, 0.2) is 30.0 Å². The van der Waals surface area contributed by atoms with Gasteiger partial charge in [0, 0.05) is 5.56 Å². The predicted octanol–water partition coefficient (Wildman–Crippen LogP) is 2.60. The molecule has 2 aromatic rings. The van der Waals surface area contributed by atoms with Gasteiger partial charge in [-0.2, -0.15) is 0 Å². The van der Waals surface area contributed by atoms with Gasteiger partial charge in [0.05, 0.1) is 45.5 Å². The van der Waals surface area contributed by atoms with Gasteiger partial charge in [0.15, 0.2) is 23.0 Å². The van der Waals surface area contributed by atoms with Crippen LogP contribution in [0.5, 0.6) is 28.7 Å². The Labute approximate surface area is 181 Å². The molecular formula is C24H28NO6+. The number of likely N-dealkylation sites (tertiary alicyclic amines) is 1. The first kappa shape index (κ1) is 21.1. The van der Waals surface area contributed by atoms with Gasteiger partial charge in [-0.15, -0.1) is 0 Å². The van der Waals surface area contributed by atoms with Gasteiger partial charge in [0.1, 0.15) is 12.3 Å². The van der Waals surface area contributed by atoms with Crippen molar-refractivity contribution in [2.75, 3.05) is 34.4 Å². The van der Waals surface area contributed by atoms with Crippen molar-refractivity contribution in [2.45, 2.75) is 25.8 Å². The van der Waals surface area contributed by atoms with Crippen LogP contribution in [0.4, 0.5) is 0 Å². The Morgan fingerprint density at radius 1 is 1.00 bits per heavy atom. The highest BCUT2D eigenvalue weighted by molar-refractivity contribution is 6.15. The number of ketones is 1. The molecule has 31 heavy (non-hydrogen) atoms. The second-order valence-corrected chi connectivity index (χ2v) is 7.79.